The lowest BCUT2D eigenvalue weighted by Gasteiger charge is -2.63. The summed E-state index contributed by atoms with van der Waals surface area (Å²) in [5.74, 6) is -0.947. The molecule has 5 aliphatic heterocycles. The summed E-state index contributed by atoms with van der Waals surface area (Å²) in [6.45, 7) is 2.03. The molecule has 4 saturated heterocycles. The third-order valence-electron chi connectivity index (χ3n) is 7.36. The molecule has 14 nitrogen and oxygen atoms in total. The van der Waals surface area contributed by atoms with Crippen LogP contribution in [0.3, 0.4) is 0 Å². The van der Waals surface area contributed by atoms with Gasteiger partial charge in [-0.1, -0.05) is 0 Å². The average Bonchev–Trinajstić information content (AvgIpc) is 3.33. The average molecular weight is 484 g/mol. The molecule has 0 aliphatic carbocycles. The number of rotatable bonds is 5. The maximum Gasteiger partial charge on any atom is 0.330 e. The monoisotopic (exact) mass is 484 g/mol. The van der Waals surface area contributed by atoms with Crippen LogP contribution >= 0.6 is 0 Å². The second-order valence-corrected chi connectivity index (χ2v) is 9.45. The Balaban J connectivity index is 1.46. The summed E-state index contributed by atoms with van der Waals surface area (Å²) in [4.78, 5) is 42.3. The number of hydrogen-bond donors (Lipinski definition) is 6. The van der Waals surface area contributed by atoms with Crippen LogP contribution in [0.1, 0.15) is 26.7 Å². The van der Waals surface area contributed by atoms with Crippen molar-refractivity contribution in [2.45, 2.75) is 81.4 Å². The molecule has 0 saturated carbocycles. The van der Waals surface area contributed by atoms with Crippen molar-refractivity contribution in [2.24, 2.45) is 0 Å². The highest BCUT2D eigenvalue weighted by Crippen LogP contribution is 2.50. The number of carbonyl (C=O) groups is 3. The van der Waals surface area contributed by atoms with Crippen LogP contribution in [0.2, 0.25) is 0 Å². The van der Waals surface area contributed by atoms with E-state index in [2.05, 4.69) is 5.32 Å². The Morgan fingerprint density at radius 2 is 1.53 bits per heavy atom. The lowest BCUT2D eigenvalue weighted by atomic mass is 9.80. The van der Waals surface area contributed by atoms with Crippen LogP contribution in [0.5, 0.6) is 0 Å². The standard InChI is InChI=1S/C20H28N4O10/c1-7-14(24-16(7)23(19(24)31)13-4-9(28)11(6-26)34-13)15-20(2,32)17(29)21-18(30)22(15)12-3-8(27)10(5-25)33-12/h8-13,15-16,25-28,32H,3-6H2,1-2H3,(H,21,29,30)/t8-,9-,10+,11+,12+,13+,15-,16?,20+/m0/s1. The summed E-state index contributed by atoms with van der Waals surface area (Å²) in [5.41, 5.74) is -1.29. The van der Waals surface area contributed by atoms with Gasteiger partial charge in [-0.25, -0.2) is 9.59 Å². The number of ether oxygens (including phenoxy) is 2. The molecule has 5 heterocycles. The quantitative estimate of drug-likeness (QED) is 0.233. The zero-order valence-corrected chi connectivity index (χ0v) is 18.6. The minimum atomic E-state index is -2.14. The number of carbonyl (C=O) groups excluding carboxylic acids is 3. The van der Waals surface area contributed by atoms with Gasteiger partial charge in [0.05, 0.1) is 31.1 Å². The first kappa shape index (κ1) is 23.4. The summed E-state index contributed by atoms with van der Waals surface area (Å²) >= 11 is 0. The molecule has 0 radical (unpaired) electrons. The number of nitrogens with zero attached hydrogens (tertiary/aromatic N) is 3. The van der Waals surface area contributed by atoms with Crippen molar-refractivity contribution in [3.63, 3.8) is 0 Å². The molecule has 6 N–H and O–H groups in total. The van der Waals surface area contributed by atoms with E-state index in [1.54, 1.807) is 6.92 Å². The Labute approximate surface area is 193 Å². The molecule has 4 fully saturated rings. The fourth-order valence-electron chi connectivity index (χ4n) is 5.52. The third-order valence-corrected chi connectivity index (χ3v) is 7.36. The molecule has 0 aromatic heterocycles. The Kier molecular flexibility index (Phi) is 5.40. The van der Waals surface area contributed by atoms with Gasteiger partial charge in [0.15, 0.2) is 5.60 Å². The maximum absolute atomic E-state index is 13.1. The van der Waals surface area contributed by atoms with E-state index >= 15 is 0 Å². The molecule has 0 spiro atoms. The number of urea groups is 2. The number of nitrogens with one attached hydrogen (secondary N) is 1. The van der Waals surface area contributed by atoms with E-state index in [0.29, 0.717) is 5.57 Å². The molecule has 5 aliphatic rings. The van der Waals surface area contributed by atoms with Crippen molar-refractivity contribution in [3.05, 3.63) is 11.3 Å². The highest BCUT2D eigenvalue weighted by atomic mass is 16.6. The molecule has 0 bridgehead atoms. The van der Waals surface area contributed by atoms with Gasteiger partial charge < -0.3 is 35.0 Å². The molecule has 0 aromatic rings. The second-order valence-electron chi connectivity index (χ2n) is 9.45. The SMILES string of the molecule is CC1=C([C@@H]2N([C@H]3C[C@H](O)[C@@H](CO)O3)C(=O)NC(=O)[C@]2(C)O)N2C(=O)N([C@H]3C[C@H](O)[C@@H](CO)O3)C12. The highest BCUT2D eigenvalue weighted by molar-refractivity contribution is 6.03. The van der Waals surface area contributed by atoms with E-state index in [1.807, 2.05) is 0 Å². The van der Waals surface area contributed by atoms with E-state index in [9.17, 15) is 39.9 Å². The predicted molar refractivity (Wildman–Crippen MR) is 108 cm³/mol. The Hall–Kier alpha value is -2.33. The van der Waals surface area contributed by atoms with Crippen molar-refractivity contribution in [3.8, 4) is 0 Å². The highest BCUT2D eigenvalue weighted by Gasteiger charge is 2.66. The van der Waals surface area contributed by atoms with E-state index in [-0.39, 0.29) is 18.5 Å². The minimum Gasteiger partial charge on any atom is -0.394 e. The summed E-state index contributed by atoms with van der Waals surface area (Å²) < 4.78 is 11.2. The molecule has 5 amide bonds. The van der Waals surface area contributed by atoms with Crippen LogP contribution in [0.25, 0.3) is 0 Å². The molecule has 0 aromatic carbocycles. The largest absolute Gasteiger partial charge is 0.394 e. The number of aliphatic hydroxyl groups is 5. The van der Waals surface area contributed by atoms with Crippen LogP contribution in [-0.4, -0.2) is 126 Å². The summed E-state index contributed by atoms with van der Waals surface area (Å²) in [6, 6.07) is -2.67. The summed E-state index contributed by atoms with van der Waals surface area (Å²) in [5, 5.41) is 52.2. The molecule has 14 heteroatoms. The van der Waals surface area contributed by atoms with E-state index in [0.717, 1.165) is 4.90 Å². The predicted octanol–water partition coefficient (Wildman–Crippen LogP) is -3.05. The molecular formula is C20H28N4O10. The number of imide groups is 1. The first-order chi connectivity index (χ1) is 16.0. The number of fused-ring (bicyclic) bond motifs is 1. The van der Waals surface area contributed by atoms with Gasteiger partial charge in [0, 0.05) is 12.8 Å². The van der Waals surface area contributed by atoms with Gasteiger partial charge in [-0.15, -0.1) is 0 Å². The second kappa shape index (κ2) is 7.84. The first-order valence-electron chi connectivity index (χ1n) is 11.1. The number of hydrogen-bond acceptors (Lipinski definition) is 10. The Bertz CT molecular complexity index is 956. The summed E-state index contributed by atoms with van der Waals surface area (Å²) in [6.07, 6.45) is -6.08. The van der Waals surface area contributed by atoms with E-state index in [1.165, 1.54) is 16.7 Å². The Morgan fingerprint density at radius 1 is 1.00 bits per heavy atom. The van der Waals surface area contributed by atoms with Crippen molar-refractivity contribution >= 4 is 18.0 Å². The fourth-order valence-corrected chi connectivity index (χ4v) is 5.52. The zero-order valence-electron chi connectivity index (χ0n) is 18.6. The van der Waals surface area contributed by atoms with E-state index in [4.69, 9.17) is 9.47 Å². The van der Waals surface area contributed by atoms with Crippen LogP contribution in [0.4, 0.5) is 9.59 Å². The summed E-state index contributed by atoms with van der Waals surface area (Å²) in [7, 11) is 0. The first-order valence-corrected chi connectivity index (χ1v) is 11.1. The maximum atomic E-state index is 13.1. The van der Waals surface area contributed by atoms with Crippen molar-refractivity contribution in [1.29, 1.82) is 0 Å². The smallest absolute Gasteiger partial charge is 0.330 e. The van der Waals surface area contributed by atoms with Crippen LogP contribution in [-0.2, 0) is 14.3 Å². The van der Waals surface area contributed by atoms with Gasteiger partial charge in [0.2, 0.25) is 0 Å². The van der Waals surface area contributed by atoms with Crippen molar-refractivity contribution < 1.29 is 49.4 Å². The van der Waals surface area contributed by atoms with Gasteiger partial charge in [0.25, 0.3) is 5.91 Å². The molecule has 188 valence electrons. The Morgan fingerprint density at radius 3 is 2.03 bits per heavy atom. The number of aliphatic hydroxyl groups excluding tert-OH is 4. The van der Waals surface area contributed by atoms with Crippen molar-refractivity contribution in [2.75, 3.05) is 13.2 Å². The van der Waals surface area contributed by atoms with E-state index < -0.39 is 85.9 Å². The van der Waals surface area contributed by atoms with Gasteiger partial charge in [-0.3, -0.25) is 24.8 Å². The third kappa shape index (κ3) is 3.03. The molecule has 1 unspecified atom stereocenters. The topological polar surface area (TPSA) is 193 Å². The van der Waals surface area contributed by atoms with Gasteiger partial charge in [-0.2, -0.15) is 0 Å². The molecule has 34 heavy (non-hydrogen) atoms. The van der Waals surface area contributed by atoms with Crippen LogP contribution < -0.4 is 5.32 Å². The van der Waals surface area contributed by atoms with Gasteiger partial charge in [-0.05, 0) is 19.4 Å². The minimum absolute atomic E-state index is 0.0639. The molecule has 9 atom stereocenters. The zero-order chi connectivity index (χ0) is 24.7. The number of amides is 5. The van der Waals surface area contributed by atoms with Crippen LogP contribution in [0, 0.1) is 0 Å². The molecule has 5 rings (SSSR count). The lowest BCUT2D eigenvalue weighted by Crippen LogP contribution is -2.81. The van der Waals surface area contributed by atoms with Crippen molar-refractivity contribution in [1.82, 2.24) is 20.0 Å². The van der Waals surface area contributed by atoms with Crippen LogP contribution in [0.15, 0.2) is 11.3 Å². The molecular weight excluding hydrogens is 456 g/mol. The normalized spacial score (nSPS) is 44.3. The lowest BCUT2D eigenvalue weighted by molar-refractivity contribution is -0.164. The van der Waals surface area contributed by atoms with Gasteiger partial charge in [0.1, 0.15) is 36.9 Å². The fraction of sp³-hybridized carbons (Fsp3) is 0.750. The van der Waals surface area contributed by atoms with Gasteiger partial charge >= 0.3 is 12.1 Å².